The van der Waals surface area contributed by atoms with E-state index >= 15 is 0 Å². The molecule has 0 fully saturated rings. The third-order valence-electron chi connectivity index (χ3n) is 2.46. The molecule has 0 saturated carbocycles. The van der Waals surface area contributed by atoms with Crippen LogP contribution in [0.25, 0.3) is 0 Å². The maximum absolute atomic E-state index is 9.76. The predicted octanol–water partition coefficient (Wildman–Crippen LogP) is 2.82. The van der Waals surface area contributed by atoms with Crippen molar-refractivity contribution < 1.29 is 5.11 Å². The Morgan fingerprint density at radius 2 is 2.33 bits per heavy atom. The number of aryl methyl sites for hydroxylation is 2. The number of thiophene rings is 1. The smallest absolute Gasteiger partial charge is 0.0800 e. The van der Waals surface area contributed by atoms with Crippen molar-refractivity contribution in [2.75, 3.05) is 0 Å². The van der Waals surface area contributed by atoms with Crippen molar-refractivity contribution in [2.45, 2.75) is 38.7 Å². The molecule has 1 N–H and O–H groups in total. The molecule has 0 radical (unpaired) electrons. The Morgan fingerprint density at radius 3 is 3.17 bits per heavy atom. The van der Waals surface area contributed by atoms with Crippen molar-refractivity contribution in [1.29, 1.82) is 0 Å². The van der Waals surface area contributed by atoms with Crippen molar-refractivity contribution in [3.63, 3.8) is 0 Å². The van der Waals surface area contributed by atoms with Crippen LogP contribution < -0.4 is 0 Å². The maximum Gasteiger partial charge on any atom is 0.0800 e. The number of hydrogen-bond donors (Lipinski definition) is 1. The highest BCUT2D eigenvalue weighted by molar-refractivity contribution is 7.12. The summed E-state index contributed by atoms with van der Waals surface area (Å²) in [4.78, 5) is 2.75. The lowest BCUT2D eigenvalue weighted by Crippen LogP contribution is -1.94. The molecule has 1 aliphatic rings. The molecule has 1 aromatic rings. The quantitative estimate of drug-likeness (QED) is 0.612. The first-order valence-electron chi connectivity index (χ1n) is 4.54. The minimum atomic E-state index is -0.188. The van der Waals surface area contributed by atoms with Crippen LogP contribution in [0.15, 0.2) is 6.07 Å². The largest absolute Gasteiger partial charge is 0.388 e. The topological polar surface area (TPSA) is 20.2 Å². The highest BCUT2D eigenvalue weighted by Gasteiger charge is 2.17. The van der Waals surface area contributed by atoms with Gasteiger partial charge >= 0.3 is 0 Å². The monoisotopic (exact) mass is 182 g/mol. The number of rotatable bonds is 0. The summed E-state index contributed by atoms with van der Waals surface area (Å²) in [7, 11) is 0. The minimum Gasteiger partial charge on any atom is -0.388 e. The summed E-state index contributed by atoms with van der Waals surface area (Å²) >= 11 is 1.85. The van der Waals surface area contributed by atoms with E-state index in [0.29, 0.717) is 0 Å². The molecule has 2 rings (SSSR count). The van der Waals surface area contributed by atoms with Crippen molar-refractivity contribution >= 4 is 11.3 Å². The standard InChI is InChI=1S/C10H14OS/c1-7-6-8-9(11)4-2-3-5-10(8)12-7/h6,9,11H,2-5H2,1H3. The molecule has 0 amide bonds. The highest BCUT2D eigenvalue weighted by Crippen LogP contribution is 2.33. The second-order valence-corrected chi connectivity index (χ2v) is 4.84. The minimum absolute atomic E-state index is 0.188. The van der Waals surface area contributed by atoms with Gasteiger partial charge in [-0.3, -0.25) is 0 Å². The lowest BCUT2D eigenvalue weighted by atomic mass is 10.1. The fourth-order valence-corrected chi connectivity index (χ4v) is 2.97. The van der Waals surface area contributed by atoms with Gasteiger partial charge in [-0.15, -0.1) is 11.3 Å². The van der Waals surface area contributed by atoms with Gasteiger partial charge in [0.1, 0.15) is 0 Å². The Morgan fingerprint density at radius 1 is 1.50 bits per heavy atom. The van der Waals surface area contributed by atoms with E-state index in [1.165, 1.54) is 34.6 Å². The van der Waals surface area contributed by atoms with Gasteiger partial charge in [0.25, 0.3) is 0 Å². The average molecular weight is 182 g/mol. The molecule has 1 nitrogen and oxygen atoms in total. The highest BCUT2D eigenvalue weighted by atomic mass is 32.1. The summed E-state index contributed by atoms with van der Waals surface area (Å²) in [5.74, 6) is 0. The van der Waals surface area contributed by atoms with Crippen LogP contribution in [-0.4, -0.2) is 5.11 Å². The van der Waals surface area contributed by atoms with Crippen molar-refractivity contribution in [1.82, 2.24) is 0 Å². The molecule has 0 aromatic carbocycles. The number of aliphatic hydroxyl groups excluding tert-OH is 1. The summed E-state index contributed by atoms with van der Waals surface area (Å²) in [6.45, 7) is 2.12. The summed E-state index contributed by atoms with van der Waals surface area (Å²) in [6, 6.07) is 2.15. The van der Waals surface area contributed by atoms with Gasteiger partial charge in [-0.1, -0.05) is 6.42 Å². The molecule has 0 bridgehead atoms. The molecule has 1 aliphatic carbocycles. The first kappa shape index (κ1) is 8.27. The van der Waals surface area contributed by atoms with Crippen LogP contribution in [0.2, 0.25) is 0 Å². The first-order valence-corrected chi connectivity index (χ1v) is 5.36. The van der Waals surface area contributed by atoms with E-state index < -0.39 is 0 Å². The Kier molecular flexibility index (Phi) is 2.20. The fourth-order valence-electron chi connectivity index (χ4n) is 1.84. The van der Waals surface area contributed by atoms with Crippen LogP contribution >= 0.6 is 11.3 Å². The molecular formula is C10H14OS. The predicted molar refractivity (Wildman–Crippen MR) is 51.6 cm³/mol. The first-order chi connectivity index (χ1) is 5.77. The van der Waals surface area contributed by atoms with E-state index in [1.807, 2.05) is 11.3 Å². The van der Waals surface area contributed by atoms with E-state index in [0.717, 1.165) is 6.42 Å². The zero-order valence-corrected chi connectivity index (χ0v) is 8.16. The van der Waals surface area contributed by atoms with Crippen LogP contribution in [0.5, 0.6) is 0 Å². The maximum atomic E-state index is 9.76. The van der Waals surface area contributed by atoms with E-state index in [1.54, 1.807) is 0 Å². The Balaban J connectivity index is 2.38. The average Bonchev–Trinajstić information content (AvgIpc) is 2.33. The van der Waals surface area contributed by atoms with Gasteiger partial charge in [0.15, 0.2) is 0 Å². The van der Waals surface area contributed by atoms with Crippen LogP contribution in [0, 0.1) is 6.92 Å². The van der Waals surface area contributed by atoms with Gasteiger partial charge in [-0.25, -0.2) is 0 Å². The number of aliphatic hydroxyl groups is 1. The molecule has 12 heavy (non-hydrogen) atoms. The van der Waals surface area contributed by atoms with Gasteiger partial charge in [-0.05, 0) is 37.8 Å². The molecule has 1 unspecified atom stereocenters. The Labute approximate surface area is 77.0 Å². The van der Waals surface area contributed by atoms with Crippen LogP contribution in [0.4, 0.5) is 0 Å². The fraction of sp³-hybridized carbons (Fsp3) is 0.600. The molecule has 0 saturated heterocycles. The molecule has 1 aromatic heterocycles. The summed E-state index contributed by atoms with van der Waals surface area (Å²) < 4.78 is 0. The van der Waals surface area contributed by atoms with Crippen LogP contribution in [0.3, 0.4) is 0 Å². The Bertz CT molecular complexity index is 277. The summed E-state index contributed by atoms with van der Waals surface area (Å²) in [5, 5.41) is 9.76. The van der Waals surface area contributed by atoms with E-state index in [9.17, 15) is 5.11 Å². The molecular weight excluding hydrogens is 168 g/mol. The lowest BCUT2D eigenvalue weighted by molar-refractivity contribution is 0.167. The van der Waals surface area contributed by atoms with Crippen molar-refractivity contribution in [3.05, 3.63) is 21.4 Å². The number of fused-ring (bicyclic) bond motifs is 1. The van der Waals surface area contributed by atoms with Gasteiger partial charge in [-0.2, -0.15) is 0 Å². The van der Waals surface area contributed by atoms with Gasteiger partial charge in [0, 0.05) is 9.75 Å². The second kappa shape index (κ2) is 3.19. The van der Waals surface area contributed by atoms with E-state index in [2.05, 4.69) is 13.0 Å². The Hall–Kier alpha value is -0.340. The molecule has 0 spiro atoms. The lowest BCUT2D eigenvalue weighted by Gasteiger charge is -2.05. The van der Waals surface area contributed by atoms with Crippen LogP contribution in [0.1, 0.15) is 40.7 Å². The molecule has 0 aliphatic heterocycles. The molecule has 2 heteroatoms. The third-order valence-corrected chi connectivity index (χ3v) is 3.58. The second-order valence-electron chi connectivity index (χ2n) is 3.50. The van der Waals surface area contributed by atoms with Crippen molar-refractivity contribution in [3.8, 4) is 0 Å². The van der Waals surface area contributed by atoms with Crippen LogP contribution in [-0.2, 0) is 6.42 Å². The molecule has 1 heterocycles. The zero-order valence-electron chi connectivity index (χ0n) is 7.34. The van der Waals surface area contributed by atoms with E-state index in [-0.39, 0.29) is 6.10 Å². The molecule has 1 atom stereocenters. The summed E-state index contributed by atoms with van der Waals surface area (Å²) in [6.07, 6.45) is 4.34. The normalized spacial score (nSPS) is 23.3. The summed E-state index contributed by atoms with van der Waals surface area (Å²) in [5.41, 5.74) is 1.20. The van der Waals surface area contributed by atoms with Gasteiger partial charge < -0.3 is 5.11 Å². The molecule has 66 valence electrons. The number of hydrogen-bond acceptors (Lipinski definition) is 2. The van der Waals surface area contributed by atoms with Crippen molar-refractivity contribution in [2.24, 2.45) is 0 Å². The van der Waals surface area contributed by atoms with E-state index in [4.69, 9.17) is 0 Å². The zero-order chi connectivity index (χ0) is 8.55. The SMILES string of the molecule is Cc1cc2c(s1)CCCCC2O. The third kappa shape index (κ3) is 1.41. The van der Waals surface area contributed by atoms with Gasteiger partial charge in [0.05, 0.1) is 6.10 Å². The van der Waals surface area contributed by atoms with Gasteiger partial charge in [0.2, 0.25) is 0 Å².